The van der Waals surface area contributed by atoms with Gasteiger partial charge in [0, 0.05) is 16.3 Å². The molecular formula is C25H23ClN4O. The minimum Gasteiger partial charge on any atom is -0.319 e. The standard InChI is InChI=1S/C25H23ClN4O/c1-15-7-5-8-19(13-15)24-28-23(25(31)27-22-10-6-9-21(26)18(22)4)29-30(24)20-12-11-16(2)17(3)14-20/h5-14H,1-4H3,(H,27,31). The van der Waals surface area contributed by atoms with Crippen LogP contribution in [0.15, 0.2) is 60.7 Å². The monoisotopic (exact) mass is 430 g/mol. The van der Waals surface area contributed by atoms with E-state index in [4.69, 9.17) is 11.6 Å². The predicted octanol–water partition coefficient (Wildman–Crippen LogP) is 6.07. The molecule has 0 bridgehead atoms. The van der Waals surface area contributed by atoms with Crippen molar-refractivity contribution in [3.8, 4) is 17.1 Å². The van der Waals surface area contributed by atoms with Gasteiger partial charge in [-0.1, -0.05) is 47.5 Å². The summed E-state index contributed by atoms with van der Waals surface area (Å²) in [6, 6.07) is 19.5. The number of rotatable bonds is 4. The van der Waals surface area contributed by atoms with Gasteiger partial charge in [-0.2, -0.15) is 0 Å². The van der Waals surface area contributed by atoms with E-state index in [0.717, 1.165) is 27.9 Å². The molecule has 4 rings (SSSR count). The quantitative estimate of drug-likeness (QED) is 0.427. The smallest absolute Gasteiger partial charge is 0.295 e. The molecule has 0 atom stereocenters. The van der Waals surface area contributed by atoms with Crippen LogP contribution < -0.4 is 5.32 Å². The zero-order valence-corrected chi connectivity index (χ0v) is 18.7. The lowest BCUT2D eigenvalue weighted by Crippen LogP contribution is -2.15. The Balaban J connectivity index is 1.80. The highest BCUT2D eigenvalue weighted by atomic mass is 35.5. The molecule has 156 valence electrons. The van der Waals surface area contributed by atoms with Crippen molar-refractivity contribution in [3.05, 3.63) is 93.8 Å². The maximum absolute atomic E-state index is 13.0. The number of anilines is 1. The van der Waals surface area contributed by atoms with E-state index in [1.807, 2.05) is 56.3 Å². The average Bonchev–Trinajstić information content (AvgIpc) is 3.19. The number of aryl methyl sites for hydroxylation is 3. The highest BCUT2D eigenvalue weighted by Gasteiger charge is 2.20. The van der Waals surface area contributed by atoms with Gasteiger partial charge in [0.2, 0.25) is 5.82 Å². The van der Waals surface area contributed by atoms with Crippen LogP contribution in [0, 0.1) is 27.7 Å². The van der Waals surface area contributed by atoms with E-state index in [9.17, 15) is 4.79 Å². The van der Waals surface area contributed by atoms with Crippen LogP contribution in [-0.4, -0.2) is 20.7 Å². The van der Waals surface area contributed by atoms with Crippen LogP contribution >= 0.6 is 11.6 Å². The molecule has 0 aliphatic rings. The second-order valence-corrected chi connectivity index (χ2v) is 8.08. The van der Waals surface area contributed by atoms with Crippen LogP contribution in [0.25, 0.3) is 17.1 Å². The maximum Gasteiger partial charge on any atom is 0.295 e. The fourth-order valence-electron chi connectivity index (χ4n) is 3.34. The Labute approximate surface area is 186 Å². The van der Waals surface area contributed by atoms with Gasteiger partial charge < -0.3 is 5.32 Å². The molecule has 1 aromatic heterocycles. The fraction of sp³-hybridized carbons (Fsp3) is 0.160. The largest absolute Gasteiger partial charge is 0.319 e. The number of aromatic nitrogens is 3. The van der Waals surface area contributed by atoms with Gasteiger partial charge in [-0.3, -0.25) is 4.79 Å². The minimum atomic E-state index is -0.387. The van der Waals surface area contributed by atoms with Gasteiger partial charge in [-0.05, 0) is 74.7 Å². The first-order chi connectivity index (χ1) is 14.8. The summed E-state index contributed by atoms with van der Waals surface area (Å²) in [5, 5.41) is 8.04. The Morgan fingerprint density at radius 3 is 2.45 bits per heavy atom. The molecule has 1 heterocycles. The van der Waals surface area contributed by atoms with Crippen LogP contribution in [0.3, 0.4) is 0 Å². The molecule has 0 radical (unpaired) electrons. The Bertz CT molecular complexity index is 1290. The van der Waals surface area contributed by atoms with Crippen molar-refractivity contribution in [2.45, 2.75) is 27.7 Å². The summed E-state index contributed by atoms with van der Waals surface area (Å²) in [5.41, 5.74) is 6.61. The Morgan fingerprint density at radius 2 is 1.71 bits per heavy atom. The van der Waals surface area contributed by atoms with E-state index in [-0.39, 0.29) is 11.7 Å². The van der Waals surface area contributed by atoms with Crippen LogP contribution in [0.5, 0.6) is 0 Å². The van der Waals surface area contributed by atoms with Crippen molar-refractivity contribution in [3.63, 3.8) is 0 Å². The van der Waals surface area contributed by atoms with Crippen molar-refractivity contribution < 1.29 is 4.79 Å². The SMILES string of the molecule is Cc1cccc(-c2nc(C(=O)Nc3cccc(Cl)c3C)nn2-c2ccc(C)c(C)c2)c1. The molecule has 3 aromatic carbocycles. The van der Waals surface area contributed by atoms with E-state index < -0.39 is 0 Å². The van der Waals surface area contributed by atoms with Gasteiger partial charge in [-0.15, -0.1) is 5.10 Å². The Hall–Kier alpha value is -3.44. The summed E-state index contributed by atoms with van der Waals surface area (Å²) in [6.45, 7) is 8.00. The lowest BCUT2D eigenvalue weighted by atomic mass is 10.1. The van der Waals surface area contributed by atoms with Gasteiger partial charge in [0.05, 0.1) is 5.69 Å². The lowest BCUT2D eigenvalue weighted by Gasteiger charge is -2.09. The van der Waals surface area contributed by atoms with E-state index in [2.05, 4.69) is 29.2 Å². The second-order valence-electron chi connectivity index (χ2n) is 7.68. The first-order valence-electron chi connectivity index (χ1n) is 10.0. The van der Waals surface area contributed by atoms with Crippen molar-refractivity contribution in [1.82, 2.24) is 14.8 Å². The van der Waals surface area contributed by atoms with Crippen LogP contribution in [-0.2, 0) is 0 Å². The molecule has 0 fully saturated rings. The highest BCUT2D eigenvalue weighted by Crippen LogP contribution is 2.26. The normalized spacial score (nSPS) is 10.9. The number of carbonyl (C=O) groups excluding carboxylic acids is 1. The number of benzene rings is 3. The Morgan fingerprint density at radius 1 is 0.935 bits per heavy atom. The summed E-state index contributed by atoms with van der Waals surface area (Å²) in [4.78, 5) is 17.6. The first-order valence-corrected chi connectivity index (χ1v) is 10.4. The number of hydrogen-bond acceptors (Lipinski definition) is 3. The molecule has 0 unspecified atom stereocenters. The summed E-state index contributed by atoms with van der Waals surface area (Å²) < 4.78 is 1.72. The molecule has 4 aromatic rings. The number of nitrogens with one attached hydrogen (secondary N) is 1. The van der Waals surface area contributed by atoms with E-state index >= 15 is 0 Å². The minimum absolute atomic E-state index is 0.0918. The third-order valence-electron chi connectivity index (χ3n) is 5.34. The molecule has 0 saturated carbocycles. The highest BCUT2D eigenvalue weighted by molar-refractivity contribution is 6.31. The summed E-state index contributed by atoms with van der Waals surface area (Å²) in [6.07, 6.45) is 0. The summed E-state index contributed by atoms with van der Waals surface area (Å²) in [5.74, 6) is 0.316. The second kappa shape index (κ2) is 8.36. The number of hydrogen-bond donors (Lipinski definition) is 1. The van der Waals surface area contributed by atoms with Crippen molar-refractivity contribution in [1.29, 1.82) is 0 Å². The molecule has 0 spiro atoms. The third kappa shape index (κ3) is 4.23. The maximum atomic E-state index is 13.0. The van der Waals surface area contributed by atoms with E-state index in [0.29, 0.717) is 16.5 Å². The molecule has 0 aliphatic heterocycles. The molecule has 0 saturated heterocycles. The summed E-state index contributed by atoms with van der Waals surface area (Å²) in [7, 11) is 0. The van der Waals surface area contributed by atoms with Crippen molar-refractivity contribution in [2.75, 3.05) is 5.32 Å². The zero-order valence-electron chi connectivity index (χ0n) is 17.9. The number of halogens is 1. The number of nitrogens with zero attached hydrogens (tertiary/aromatic N) is 3. The van der Waals surface area contributed by atoms with Gasteiger partial charge >= 0.3 is 0 Å². The van der Waals surface area contributed by atoms with Crippen molar-refractivity contribution in [2.24, 2.45) is 0 Å². The topological polar surface area (TPSA) is 59.8 Å². The zero-order chi connectivity index (χ0) is 22.1. The van der Waals surface area contributed by atoms with E-state index in [1.165, 1.54) is 5.56 Å². The lowest BCUT2D eigenvalue weighted by molar-refractivity contribution is 0.101. The first kappa shape index (κ1) is 20.8. The Kier molecular flexibility index (Phi) is 5.61. The predicted molar refractivity (Wildman–Crippen MR) is 125 cm³/mol. The third-order valence-corrected chi connectivity index (χ3v) is 5.75. The number of carbonyl (C=O) groups is 1. The van der Waals surface area contributed by atoms with Crippen LogP contribution in [0.4, 0.5) is 5.69 Å². The van der Waals surface area contributed by atoms with Gasteiger partial charge in [0.1, 0.15) is 0 Å². The summed E-state index contributed by atoms with van der Waals surface area (Å²) >= 11 is 6.19. The average molecular weight is 431 g/mol. The fourth-order valence-corrected chi connectivity index (χ4v) is 3.51. The van der Waals surface area contributed by atoms with Crippen molar-refractivity contribution >= 4 is 23.2 Å². The van der Waals surface area contributed by atoms with E-state index in [1.54, 1.807) is 22.9 Å². The van der Waals surface area contributed by atoms with Gasteiger partial charge in [0.15, 0.2) is 5.82 Å². The molecule has 6 heteroatoms. The molecule has 1 amide bonds. The van der Waals surface area contributed by atoms with Crippen LogP contribution in [0.1, 0.15) is 32.9 Å². The number of amides is 1. The molecule has 5 nitrogen and oxygen atoms in total. The molecule has 1 N–H and O–H groups in total. The molecule has 31 heavy (non-hydrogen) atoms. The van der Waals surface area contributed by atoms with Crippen LogP contribution in [0.2, 0.25) is 5.02 Å². The molecule has 0 aliphatic carbocycles. The van der Waals surface area contributed by atoms with Gasteiger partial charge in [0.25, 0.3) is 5.91 Å². The van der Waals surface area contributed by atoms with Gasteiger partial charge in [-0.25, -0.2) is 9.67 Å². The molecular weight excluding hydrogens is 408 g/mol.